The van der Waals surface area contributed by atoms with Gasteiger partial charge in [0.05, 0.1) is 17.4 Å². The second-order valence-corrected chi connectivity index (χ2v) is 8.18. The van der Waals surface area contributed by atoms with Gasteiger partial charge in [-0.25, -0.2) is 8.78 Å². The minimum absolute atomic E-state index is 0.124. The summed E-state index contributed by atoms with van der Waals surface area (Å²) in [5, 5.41) is 18.2. The summed E-state index contributed by atoms with van der Waals surface area (Å²) in [5.41, 5.74) is 0.598. The number of nitrogens with zero attached hydrogens (tertiary/aromatic N) is 4. The Hall–Kier alpha value is -3.22. The van der Waals surface area contributed by atoms with E-state index in [9.17, 15) is 8.78 Å². The zero-order chi connectivity index (χ0) is 22.3. The zero-order valence-corrected chi connectivity index (χ0v) is 17.9. The first-order valence-corrected chi connectivity index (χ1v) is 10.9. The molecule has 32 heavy (non-hydrogen) atoms. The summed E-state index contributed by atoms with van der Waals surface area (Å²) in [6.07, 6.45) is 10.9. The van der Waals surface area contributed by atoms with Gasteiger partial charge in [0, 0.05) is 17.5 Å². The Morgan fingerprint density at radius 1 is 1.25 bits per heavy atom. The average Bonchev–Trinajstić information content (AvgIpc) is 3.22. The molecule has 0 saturated heterocycles. The fourth-order valence-electron chi connectivity index (χ4n) is 3.24. The number of ether oxygens (including phenoxy) is 1. The van der Waals surface area contributed by atoms with Crippen molar-refractivity contribution in [3.05, 3.63) is 71.8 Å². The Balaban J connectivity index is 1.59. The van der Waals surface area contributed by atoms with Crippen LogP contribution >= 0.6 is 11.8 Å². The summed E-state index contributed by atoms with van der Waals surface area (Å²) in [5.74, 6) is 3.33. The summed E-state index contributed by atoms with van der Waals surface area (Å²) in [6.45, 7) is -0.568. The van der Waals surface area contributed by atoms with E-state index in [4.69, 9.17) is 9.84 Å². The third-order valence-electron chi connectivity index (χ3n) is 4.75. The van der Waals surface area contributed by atoms with Gasteiger partial charge < -0.3 is 9.84 Å². The van der Waals surface area contributed by atoms with E-state index in [1.807, 2.05) is 10.6 Å². The Morgan fingerprint density at radius 2 is 2.16 bits per heavy atom. The van der Waals surface area contributed by atoms with Gasteiger partial charge in [0.2, 0.25) is 0 Å². The van der Waals surface area contributed by atoms with Crippen molar-refractivity contribution in [2.75, 3.05) is 6.61 Å². The van der Waals surface area contributed by atoms with Crippen LogP contribution in [-0.2, 0) is 6.61 Å². The maximum Gasteiger partial charge on any atom is 0.196 e. The normalized spacial score (nSPS) is 15.3. The standard InChI is InChI=1S/C23H20F2N4O2S/c24-19-13-21(20(25)12-16(19)6-5-11-30)31-15-22-27-28-23(32-18-8-2-1-3-9-18)29(22)17-7-4-10-26-14-17/h2,4,7-8,10,12-14,18,30H,1,3,9,11,15H2. The maximum absolute atomic E-state index is 14.4. The third-order valence-corrected chi connectivity index (χ3v) is 5.92. The van der Waals surface area contributed by atoms with E-state index in [-0.39, 0.29) is 23.2 Å². The molecule has 6 nitrogen and oxygen atoms in total. The van der Waals surface area contributed by atoms with Crippen LogP contribution in [-0.4, -0.2) is 36.7 Å². The molecule has 3 aromatic rings. The molecule has 0 bridgehead atoms. The van der Waals surface area contributed by atoms with Crippen LogP contribution in [0.5, 0.6) is 5.75 Å². The number of allylic oxidation sites excluding steroid dienone is 1. The lowest BCUT2D eigenvalue weighted by Crippen LogP contribution is -2.09. The van der Waals surface area contributed by atoms with Crippen LogP contribution in [0.3, 0.4) is 0 Å². The number of aliphatic hydroxyl groups is 1. The van der Waals surface area contributed by atoms with E-state index in [0.29, 0.717) is 11.0 Å². The molecule has 0 saturated carbocycles. The second-order valence-electron chi connectivity index (χ2n) is 6.97. The van der Waals surface area contributed by atoms with Crippen LogP contribution in [0.25, 0.3) is 5.69 Å². The minimum atomic E-state index is -0.761. The molecule has 0 fully saturated rings. The van der Waals surface area contributed by atoms with E-state index >= 15 is 0 Å². The Morgan fingerprint density at radius 3 is 2.91 bits per heavy atom. The largest absolute Gasteiger partial charge is 0.482 e. The first-order chi connectivity index (χ1) is 15.7. The molecule has 1 aromatic carbocycles. The second kappa shape index (κ2) is 10.4. The highest BCUT2D eigenvalue weighted by molar-refractivity contribution is 7.99. The van der Waals surface area contributed by atoms with Crippen LogP contribution in [0, 0.1) is 23.5 Å². The number of hydrogen-bond donors (Lipinski definition) is 1. The minimum Gasteiger partial charge on any atom is -0.482 e. The van der Waals surface area contributed by atoms with E-state index in [2.05, 4.69) is 39.2 Å². The molecule has 0 spiro atoms. The van der Waals surface area contributed by atoms with Crippen molar-refractivity contribution in [2.45, 2.75) is 36.3 Å². The number of thioether (sulfide) groups is 1. The monoisotopic (exact) mass is 454 g/mol. The predicted octanol–water partition coefficient (Wildman–Crippen LogP) is 4.06. The van der Waals surface area contributed by atoms with Crippen molar-refractivity contribution in [3.63, 3.8) is 0 Å². The number of rotatable bonds is 6. The number of hydrogen-bond acceptors (Lipinski definition) is 6. The number of aliphatic hydroxyl groups excluding tert-OH is 1. The van der Waals surface area contributed by atoms with E-state index in [0.717, 1.165) is 37.1 Å². The molecule has 2 aromatic heterocycles. The van der Waals surface area contributed by atoms with Crippen molar-refractivity contribution < 1.29 is 18.6 Å². The average molecular weight is 455 g/mol. The number of benzene rings is 1. The van der Waals surface area contributed by atoms with Crippen LogP contribution < -0.4 is 4.74 Å². The summed E-state index contributed by atoms with van der Waals surface area (Å²) < 4.78 is 36.0. The first-order valence-electron chi connectivity index (χ1n) is 10.1. The highest BCUT2D eigenvalue weighted by Crippen LogP contribution is 2.31. The highest BCUT2D eigenvalue weighted by Gasteiger charge is 2.20. The van der Waals surface area contributed by atoms with Gasteiger partial charge in [-0.05, 0) is 37.5 Å². The molecule has 2 heterocycles. The fourth-order valence-corrected chi connectivity index (χ4v) is 4.39. The fraction of sp³-hybridized carbons (Fsp3) is 0.261. The van der Waals surface area contributed by atoms with Crippen molar-refractivity contribution in [1.82, 2.24) is 19.7 Å². The van der Waals surface area contributed by atoms with Crippen molar-refractivity contribution in [1.29, 1.82) is 0 Å². The van der Waals surface area contributed by atoms with Gasteiger partial charge in [-0.1, -0.05) is 35.8 Å². The molecule has 1 atom stereocenters. The van der Waals surface area contributed by atoms with Gasteiger partial charge in [0.25, 0.3) is 0 Å². The molecule has 1 aliphatic rings. The molecular formula is C23H20F2N4O2S. The van der Waals surface area contributed by atoms with Gasteiger partial charge >= 0.3 is 0 Å². The SMILES string of the molecule is OCC#Cc1cc(F)c(OCc2nnc(SC3C=CCCC3)n2-c2cccnc2)cc1F. The Labute approximate surface area is 188 Å². The van der Waals surface area contributed by atoms with E-state index < -0.39 is 18.2 Å². The number of pyridine rings is 1. The maximum atomic E-state index is 14.4. The summed E-state index contributed by atoms with van der Waals surface area (Å²) in [4.78, 5) is 4.17. The van der Waals surface area contributed by atoms with Gasteiger partial charge in [-0.2, -0.15) is 0 Å². The molecule has 1 N–H and O–H groups in total. The molecule has 9 heteroatoms. The van der Waals surface area contributed by atoms with Crippen molar-refractivity contribution in [2.24, 2.45) is 0 Å². The smallest absolute Gasteiger partial charge is 0.196 e. The van der Waals surface area contributed by atoms with Crippen LogP contribution in [0.1, 0.15) is 30.7 Å². The van der Waals surface area contributed by atoms with Crippen LogP contribution in [0.15, 0.2) is 54.0 Å². The third kappa shape index (κ3) is 5.15. The molecule has 1 unspecified atom stereocenters. The molecule has 0 radical (unpaired) electrons. The zero-order valence-electron chi connectivity index (χ0n) is 17.0. The van der Waals surface area contributed by atoms with Gasteiger partial charge in [-0.3, -0.25) is 9.55 Å². The van der Waals surface area contributed by atoms with Crippen LogP contribution in [0.4, 0.5) is 8.78 Å². The van der Waals surface area contributed by atoms with Gasteiger partial charge in [0.15, 0.2) is 22.5 Å². The van der Waals surface area contributed by atoms with Crippen LogP contribution in [0.2, 0.25) is 0 Å². The molecular weight excluding hydrogens is 434 g/mol. The number of aromatic nitrogens is 4. The lowest BCUT2D eigenvalue weighted by Gasteiger charge is -2.16. The van der Waals surface area contributed by atoms with Crippen molar-refractivity contribution >= 4 is 11.8 Å². The van der Waals surface area contributed by atoms with E-state index in [1.54, 1.807) is 30.2 Å². The summed E-state index contributed by atoms with van der Waals surface area (Å²) in [6, 6.07) is 5.55. The van der Waals surface area contributed by atoms with Gasteiger partial charge in [0.1, 0.15) is 19.0 Å². The molecule has 164 valence electrons. The lowest BCUT2D eigenvalue weighted by atomic mass is 10.1. The lowest BCUT2D eigenvalue weighted by molar-refractivity contribution is 0.276. The molecule has 0 amide bonds. The Kier molecular flexibility index (Phi) is 7.14. The predicted molar refractivity (Wildman–Crippen MR) is 116 cm³/mol. The number of halogens is 2. The Bertz CT molecular complexity index is 1170. The topological polar surface area (TPSA) is 73.1 Å². The molecule has 4 rings (SSSR count). The van der Waals surface area contributed by atoms with E-state index in [1.165, 1.54) is 0 Å². The quantitative estimate of drug-likeness (QED) is 0.447. The van der Waals surface area contributed by atoms with Gasteiger partial charge in [-0.15, -0.1) is 10.2 Å². The molecule has 0 aliphatic heterocycles. The summed E-state index contributed by atoms with van der Waals surface area (Å²) >= 11 is 1.59. The highest BCUT2D eigenvalue weighted by atomic mass is 32.2. The first kappa shape index (κ1) is 22.0. The van der Waals surface area contributed by atoms with Crippen molar-refractivity contribution in [3.8, 4) is 23.3 Å². The summed E-state index contributed by atoms with van der Waals surface area (Å²) in [7, 11) is 0. The molecule has 1 aliphatic carbocycles.